The smallest absolute Gasteiger partial charge is 0.211 e. The fourth-order valence-corrected chi connectivity index (χ4v) is 4.40. The predicted molar refractivity (Wildman–Crippen MR) is 122 cm³/mol. The van der Waals surface area contributed by atoms with Crippen LogP contribution in [0, 0.1) is 0 Å². The first kappa shape index (κ1) is 20.3. The molecule has 8 heteroatoms. The van der Waals surface area contributed by atoms with Crippen LogP contribution in [0.4, 0.5) is 5.82 Å². The lowest BCUT2D eigenvalue weighted by Gasteiger charge is -2.35. The van der Waals surface area contributed by atoms with Gasteiger partial charge in [0.25, 0.3) is 0 Å². The quantitative estimate of drug-likeness (QED) is 0.573. The van der Waals surface area contributed by atoms with Crippen LogP contribution in [-0.4, -0.2) is 60.7 Å². The van der Waals surface area contributed by atoms with Crippen molar-refractivity contribution in [1.82, 2.24) is 15.2 Å². The van der Waals surface area contributed by atoms with Gasteiger partial charge in [0.05, 0.1) is 11.6 Å². The van der Waals surface area contributed by atoms with Crippen molar-refractivity contribution < 1.29 is 14.0 Å². The molecule has 1 fully saturated rings. The fourth-order valence-electron chi connectivity index (χ4n) is 4.40. The molecule has 3 aromatic rings. The van der Waals surface area contributed by atoms with Crippen LogP contribution in [0.15, 0.2) is 64.7 Å². The summed E-state index contributed by atoms with van der Waals surface area (Å²) >= 11 is 0. The molecule has 0 radical (unpaired) electrons. The number of nitrogens with zero attached hydrogens (tertiary/aromatic N) is 3. The Morgan fingerprint density at radius 3 is 2.53 bits per heavy atom. The van der Waals surface area contributed by atoms with Crippen molar-refractivity contribution in [3.63, 3.8) is 0 Å². The number of nitrogens with two attached hydrogens (primary N) is 1. The van der Waals surface area contributed by atoms with Crippen LogP contribution in [0.25, 0.3) is 11.0 Å². The van der Waals surface area contributed by atoms with Crippen LogP contribution in [0.1, 0.15) is 27.1 Å². The lowest BCUT2D eigenvalue weighted by Crippen LogP contribution is -2.47. The number of carbonyl (C=O) groups excluding carboxylic acids is 2. The molecule has 164 valence electrons. The first-order valence-corrected chi connectivity index (χ1v) is 10.8. The van der Waals surface area contributed by atoms with E-state index in [1.165, 1.54) is 0 Å². The molecule has 1 aliphatic heterocycles. The second-order valence-corrected chi connectivity index (χ2v) is 8.07. The van der Waals surface area contributed by atoms with Crippen molar-refractivity contribution in [2.24, 2.45) is 5.73 Å². The van der Waals surface area contributed by atoms with Gasteiger partial charge in [0, 0.05) is 50.0 Å². The van der Waals surface area contributed by atoms with Crippen LogP contribution < -0.4 is 16.0 Å². The zero-order valence-electron chi connectivity index (χ0n) is 17.7. The molecule has 0 saturated carbocycles. The van der Waals surface area contributed by atoms with E-state index in [1.807, 2.05) is 12.1 Å². The Labute approximate surface area is 185 Å². The van der Waals surface area contributed by atoms with E-state index in [1.54, 1.807) is 36.7 Å². The van der Waals surface area contributed by atoms with Gasteiger partial charge in [-0.1, -0.05) is 24.3 Å². The first-order valence-electron chi connectivity index (χ1n) is 10.8. The summed E-state index contributed by atoms with van der Waals surface area (Å²) in [5.41, 5.74) is 7.84. The second-order valence-electron chi connectivity index (χ2n) is 8.07. The topological polar surface area (TPSA) is 105 Å². The maximum Gasteiger partial charge on any atom is 0.211 e. The Kier molecular flexibility index (Phi) is 5.36. The Morgan fingerprint density at radius 1 is 1.00 bits per heavy atom. The number of hydrogen-bond acceptors (Lipinski definition) is 8. The number of fused-ring (bicyclic) bond motifs is 2. The van der Waals surface area contributed by atoms with E-state index in [4.69, 9.17) is 10.2 Å². The summed E-state index contributed by atoms with van der Waals surface area (Å²) in [4.78, 5) is 34.4. The van der Waals surface area contributed by atoms with Gasteiger partial charge in [-0.25, -0.2) is 4.98 Å². The van der Waals surface area contributed by atoms with Crippen LogP contribution >= 0.6 is 0 Å². The highest BCUT2D eigenvalue weighted by Gasteiger charge is 2.30. The van der Waals surface area contributed by atoms with Gasteiger partial charge in [-0.05, 0) is 25.1 Å². The van der Waals surface area contributed by atoms with Crippen molar-refractivity contribution in [2.75, 3.05) is 44.2 Å². The molecule has 0 amide bonds. The number of allylic oxidation sites excluding steroid dienone is 2. The van der Waals surface area contributed by atoms with Crippen molar-refractivity contribution in [3.05, 3.63) is 71.4 Å². The number of furan rings is 1. The molecule has 0 spiro atoms. The second kappa shape index (κ2) is 8.47. The van der Waals surface area contributed by atoms with E-state index in [9.17, 15) is 9.59 Å². The molecule has 2 aliphatic rings. The van der Waals surface area contributed by atoms with E-state index in [2.05, 4.69) is 20.1 Å². The Balaban J connectivity index is 1.13. The number of ketones is 2. The van der Waals surface area contributed by atoms with Crippen molar-refractivity contribution >= 4 is 28.4 Å². The molecule has 32 heavy (non-hydrogen) atoms. The molecule has 1 saturated heterocycles. The molecular formula is C24H25N5O3. The van der Waals surface area contributed by atoms with Gasteiger partial charge in [-0.2, -0.15) is 0 Å². The standard InChI is InChI=1S/C24H25N5O3/c25-20-21(23(31)17-5-2-1-4-16(17)22(20)30)26-8-3-10-28-11-13-29(14-12-28)24-18-7-15-32-19(18)6-9-27-24/h1-2,4-7,9,15,26H,3,8,10-14,25H2. The van der Waals surface area contributed by atoms with E-state index in [0.29, 0.717) is 17.7 Å². The zero-order chi connectivity index (χ0) is 22.1. The average molecular weight is 431 g/mol. The third-order valence-corrected chi connectivity index (χ3v) is 6.14. The number of hydrogen-bond donors (Lipinski definition) is 2. The fraction of sp³-hybridized carbons (Fsp3) is 0.292. The molecular weight excluding hydrogens is 406 g/mol. The van der Waals surface area contributed by atoms with Crippen LogP contribution in [0.3, 0.4) is 0 Å². The maximum atomic E-state index is 12.7. The summed E-state index contributed by atoms with van der Waals surface area (Å²) in [6.07, 6.45) is 4.33. The molecule has 0 atom stereocenters. The zero-order valence-corrected chi connectivity index (χ0v) is 17.7. The number of benzene rings is 1. The largest absolute Gasteiger partial charge is 0.464 e. The SMILES string of the molecule is NC1=C(NCCCN2CCN(c3nccc4occc34)CC2)C(=O)c2ccccc2C1=O. The van der Waals surface area contributed by atoms with Crippen LogP contribution in [0.5, 0.6) is 0 Å². The minimum atomic E-state index is -0.292. The van der Waals surface area contributed by atoms with Crippen molar-refractivity contribution in [2.45, 2.75) is 6.42 Å². The summed E-state index contributed by atoms with van der Waals surface area (Å²) in [5.74, 6) is 0.466. The van der Waals surface area contributed by atoms with Gasteiger partial charge in [-0.3, -0.25) is 14.5 Å². The molecule has 8 nitrogen and oxygen atoms in total. The lowest BCUT2D eigenvalue weighted by molar-refractivity contribution is 0.0967. The molecule has 3 heterocycles. The molecule has 3 N–H and O–H groups in total. The third kappa shape index (κ3) is 3.62. The summed E-state index contributed by atoms with van der Waals surface area (Å²) in [6.45, 7) is 5.14. The number of carbonyl (C=O) groups is 2. The first-order chi connectivity index (χ1) is 15.6. The molecule has 5 rings (SSSR count). The Hall–Kier alpha value is -3.65. The summed E-state index contributed by atoms with van der Waals surface area (Å²) in [7, 11) is 0. The maximum absolute atomic E-state index is 12.7. The number of Topliss-reactive ketones (excluding diaryl/α,β-unsaturated/α-hetero) is 2. The highest BCUT2D eigenvalue weighted by molar-refractivity contribution is 6.26. The van der Waals surface area contributed by atoms with E-state index >= 15 is 0 Å². The highest BCUT2D eigenvalue weighted by Crippen LogP contribution is 2.26. The molecule has 0 unspecified atom stereocenters. The highest BCUT2D eigenvalue weighted by atomic mass is 16.3. The summed E-state index contributed by atoms with van der Waals surface area (Å²) < 4.78 is 5.49. The summed E-state index contributed by atoms with van der Waals surface area (Å²) in [6, 6.07) is 10.6. The monoisotopic (exact) mass is 431 g/mol. The number of anilines is 1. The number of rotatable bonds is 6. The molecule has 1 aromatic carbocycles. The average Bonchev–Trinajstić information content (AvgIpc) is 3.32. The minimum absolute atomic E-state index is 0.00300. The number of nitrogens with one attached hydrogen (secondary N) is 1. The third-order valence-electron chi connectivity index (χ3n) is 6.14. The van der Waals surface area contributed by atoms with Crippen LogP contribution in [-0.2, 0) is 0 Å². The lowest BCUT2D eigenvalue weighted by atomic mass is 9.90. The van der Waals surface area contributed by atoms with E-state index in [0.717, 1.165) is 55.9 Å². The van der Waals surface area contributed by atoms with E-state index in [-0.39, 0.29) is 23.0 Å². The van der Waals surface area contributed by atoms with Crippen molar-refractivity contribution in [3.8, 4) is 0 Å². The molecule has 2 aromatic heterocycles. The number of piperazine rings is 1. The van der Waals surface area contributed by atoms with Gasteiger partial charge in [0.15, 0.2) is 0 Å². The van der Waals surface area contributed by atoms with Gasteiger partial charge in [0.1, 0.15) is 22.8 Å². The van der Waals surface area contributed by atoms with E-state index < -0.39 is 0 Å². The van der Waals surface area contributed by atoms with Crippen molar-refractivity contribution in [1.29, 1.82) is 0 Å². The number of pyridine rings is 1. The van der Waals surface area contributed by atoms with Gasteiger partial charge >= 0.3 is 0 Å². The normalized spacial score (nSPS) is 17.2. The Bertz CT molecular complexity index is 1210. The van der Waals surface area contributed by atoms with Gasteiger partial charge < -0.3 is 20.4 Å². The van der Waals surface area contributed by atoms with Gasteiger partial charge in [-0.15, -0.1) is 0 Å². The Morgan fingerprint density at radius 2 is 1.75 bits per heavy atom. The number of aromatic nitrogens is 1. The predicted octanol–water partition coefficient (Wildman–Crippen LogP) is 2.18. The molecule has 0 bridgehead atoms. The van der Waals surface area contributed by atoms with Gasteiger partial charge in [0.2, 0.25) is 11.6 Å². The minimum Gasteiger partial charge on any atom is -0.464 e. The molecule has 1 aliphatic carbocycles. The summed E-state index contributed by atoms with van der Waals surface area (Å²) in [5, 5.41) is 4.16. The van der Waals surface area contributed by atoms with Crippen LogP contribution in [0.2, 0.25) is 0 Å².